The van der Waals surface area contributed by atoms with Crippen LogP contribution in [0.15, 0.2) is 29.1 Å². The number of nitrogens with one attached hydrogen (secondary N) is 1. The van der Waals surface area contributed by atoms with Gasteiger partial charge in [-0.05, 0) is 24.1 Å². The van der Waals surface area contributed by atoms with Crippen molar-refractivity contribution in [2.24, 2.45) is 7.05 Å². The fourth-order valence-electron chi connectivity index (χ4n) is 2.43. The highest BCUT2D eigenvalue weighted by atomic mass is 19.1. The molecule has 3 rings (SSSR count). The predicted octanol–water partition coefficient (Wildman–Crippen LogP) is -0.295. The van der Waals surface area contributed by atoms with Gasteiger partial charge in [-0.25, -0.2) is 9.37 Å². The van der Waals surface area contributed by atoms with Crippen molar-refractivity contribution in [1.82, 2.24) is 14.9 Å². The maximum atomic E-state index is 12.9. The normalized spacial score (nSPS) is 19.4. The Morgan fingerprint density at radius 1 is 1.43 bits per heavy atom. The van der Waals surface area contributed by atoms with Gasteiger partial charge in [0, 0.05) is 19.0 Å². The summed E-state index contributed by atoms with van der Waals surface area (Å²) in [6.07, 6.45) is 0.693. The molecule has 116 valence electrons. The molecule has 0 spiro atoms. The number of hydrogen-bond acceptors (Lipinski definition) is 4. The first kappa shape index (κ1) is 15.3. The molecule has 0 saturated heterocycles. The first-order valence-electron chi connectivity index (χ1n) is 7.00. The van der Waals surface area contributed by atoms with Gasteiger partial charge in [-0.1, -0.05) is 12.1 Å². The van der Waals surface area contributed by atoms with E-state index in [0.29, 0.717) is 6.42 Å². The maximum Gasteiger partial charge on any atom is 0.295 e. The first-order chi connectivity index (χ1) is 10.9. The Labute approximate surface area is 132 Å². The quantitative estimate of drug-likeness (QED) is 0.763. The second-order valence-electron chi connectivity index (χ2n) is 5.51. The molecule has 2 N–H and O–H groups in total. The summed E-state index contributed by atoms with van der Waals surface area (Å²) in [6, 6.07) is 5.90. The SMILES string of the molecule is [B]c1nc(C(=O)NC2CC2c2ccc(F)cc2)c(O)c(=O)n1C. The highest BCUT2D eigenvalue weighted by Gasteiger charge is 2.40. The van der Waals surface area contributed by atoms with Crippen molar-refractivity contribution in [3.05, 3.63) is 51.7 Å². The van der Waals surface area contributed by atoms with Crippen LogP contribution in [0.4, 0.5) is 4.39 Å². The number of carbonyl (C=O) groups excluding carboxylic acids is 1. The fourth-order valence-corrected chi connectivity index (χ4v) is 2.43. The van der Waals surface area contributed by atoms with Crippen LogP contribution in [-0.2, 0) is 7.05 Å². The Morgan fingerprint density at radius 3 is 2.74 bits per heavy atom. The summed E-state index contributed by atoms with van der Waals surface area (Å²) < 4.78 is 13.9. The molecule has 1 aliphatic rings. The summed E-state index contributed by atoms with van der Waals surface area (Å²) in [5.74, 6) is -1.65. The molecule has 2 atom stereocenters. The zero-order chi connectivity index (χ0) is 16.7. The summed E-state index contributed by atoms with van der Waals surface area (Å²) in [5.41, 5.74) is -0.426. The van der Waals surface area contributed by atoms with Gasteiger partial charge in [0.05, 0.1) is 5.72 Å². The van der Waals surface area contributed by atoms with Crippen LogP contribution in [0.1, 0.15) is 28.4 Å². The van der Waals surface area contributed by atoms with E-state index in [9.17, 15) is 19.1 Å². The number of halogens is 1. The monoisotopic (exact) mass is 313 g/mol. The molecule has 1 heterocycles. The standard InChI is InChI=1S/C15H13BFN3O3/c1-20-14(23)12(21)11(19-15(20)16)13(22)18-10-6-9(10)7-2-4-8(17)5-3-7/h2-5,9-10,21H,6H2,1H3,(H,18,22). The first-order valence-corrected chi connectivity index (χ1v) is 7.00. The number of carbonyl (C=O) groups is 1. The van der Waals surface area contributed by atoms with E-state index in [2.05, 4.69) is 10.3 Å². The minimum Gasteiger partial charge on any atom is -0.501 e. The molecule has 2 aromatic rings. The van der Waals surface area contributed by atoms with Gasteiger partial charge < -0.3 is 15.0 Å². The van der Waals surface area contributed by atoms with E-state index >= 15 is 0 Å². The van der Waals surface area contributed by atoms with Gasteiger partial charge >= 0.3 is 0 Å². The van der Waals surface area contributed by atoms with Crippen LogP contribution < -0.4 is 16.6 Å². The smallest absolute Gasteiger partial charge is 0.295 e. The maximum absolute atomic E-state index is 12.9. The number of amides is 1. The van der Waals surface area contributed by atoms with E-state index in [1.54, 1.807) is 12.1 Å². The molecule has 0 bridgehead atoms. The van der Waals surface area contributed by atoms with E-state index in [1.807, 2.05) is 0 Å². The van der Waals surface area contributed by atoms with Gasteiger partial charge in [-0.3, -0.25) is 9.59 Å². The lowest BCUT2D eigenvalue weighted by Gasteiger charge is -2.09. The molecule has 1 fully saturated rings. The molecule has 2 unspecified atom stereocenters. The van der Waals surface area contributed by atoms with Crippen molar-refractivity contribution < 1.29 is 14.3 Å². The van der Waals surface area contributed by atoms with Crippen LogP contribution in [0, 0.1) is 5.82 Å². The topological polar surface area (TPSA) is 84.2 Å². The number of aromatic nitrogens is 2. The molecular weight excluding hydrogens is 300 g/mol. The molecule has 1 aliphatic carbocycles. The van der Waals surface area contributed by atoms with E-state index < -0.39 is 22.9 Å². The van der Waals surface area contributed by atoms with Crippen LogP contribution in [0.2, 0.25) is 0 Å². The van der Waals surface area contributed by atoms with Crippen molar-refractivity contribution in [2.45, 2.75) is 18.4 Å². The van der Waals surface area contributed by atoms with Crippen LogP contribution in [0.5, 0.6) is 5.75 Å². The third-order valence-electron chi connectivity index (χ3n) is 3.92. The lowest BCUT2D eigenvalue weighted by molar-refractivity contribution is 0.0942. The molecule has 1 amide bonds. The minimum absolute atomic E-state index is 0.0746. The second-order valence-corrected chi connectivity index (χ2v) is 5.51. The van der Waals surface area contributed by atoms with Crippen LogP contribution in [-0.4, -0.2) is 34.5 Å². The molecule has 6 nitrogen and oxygen atoms in total. The molecule has 8 heteroatoms. The van der Waals surface area contributed by atoms with Crippen molar-refractivity contribution in [3.63, 3.8) is 0 Å². The van der Waals surface area contributed by atoms with Crippen LogP contribution in [0.25, 0.3) is 0 Å². The summed E-state index contributed by atoms with van der Waals surface area (Å²) in [7, 11) is 6.88. The molecule has 1 aromatic carbocycles. The number of nitrogens with zero attached hydrogens (tertiary/aromatic N) is 2. The lowest BCUT2D eigenvalue weighted by atomic mass is 10.1. The van der Waals surface area contributed by atoms with Gasteiger partial charge in [-0.2, -0.15) is 0 Å². The second kappa shape index (κ2) is 5.53. The highest BCUT2D eigenvalue weighted by molar-refractivity contribution is 6.29. The van der Waals surface area contributed by atoms with Gasteiger partial charge in [0.1, 0.15) is 5.82 Å². The summed E-state index contributed by atoms with van der Waals surface area (Å²) in [4.78, 5) is 27.6. The molecule has 2 radical (unpaired) electrons. The lowest BCUT2D eigenvalue weighted by Crippen LogP contribution is -2.38. The molecule has 23 heavy (non-hydrogen) atoms. The van der Waals surface area contributed by atoms with Crippen LogP contribution >= 0.6 is 0 Å². The number of rotatable bonds is 3. The molecular formula is C15H13BFN3O3. The zero-order valence-electron chi connectivity index (χ0n) is 12.3. The molecule has 1 aromatic heterocycles. The van der Waals surface area contributed by atoms with Crippen molar-refractivity contribution in [2.75, 3.05) is 0 Å². The Morgan fingerprint density at radius 2 is 2.09 bits per heavy atom. The predicted molar refractivity (Wildman–Crippen MR) is 81.5 cm³/mol. The third kappa shape index (κ3) is 2.84. The van der Waals surface area contributed by atoms with Gasteiger partial charge in [-0.15, -0.1) is 0 Å². The van der Waals surface area contributed by atoms with Crippen LogP contribution in [0.3, 0.4) is 0 Å². The third-order valence-corrected chi connectivity index (χ3v) is 3.92. The Hall–Kier alpha value is -2.64. The average molecular weight is 313 g/mol. The Kier molecular flexibility index (Phi) is 3.67. The highest BCUT2D eigenvalue weighted by Crippen LogP contribution is 2.40. The van der Waals surface area contributed by atoms with Gasteiger partial charge in [0.2, 0.25) is 5.75 Å². The summed E-state index contributed by atoms with van der Waals surface area (Å²) in [6.45, 7) is 0. The van der Waals surface area contributed by atoms with E-state index in [-0.39, 0.29) is 23.5 Å². The van der Waals surface area contributed by atoms with Crippen molar-refractivity contribution in [3.8, 4) is 5.75 Å². The molecule has 1 saturated carbocycles. The van der Waals surface area contributed by atoms with Crippen molar-refractivity contribution in [1.29, 1.82) is 0 Å². The largest absolute Gasteiger partial charge is 0.501 e. The zero-order valence-corrected chi connectivity index (χ0v) is 12.3. The fraction of sp³-hybridized carbons (Fsp3) is 0.267. The van der Waals surface area contributed by atoms with Crippen molar-refractivity contribution >= 4 is 19.5 Å². The number of hydrogen-bond donors (Lipinski definition) is 2. The van der Waals surface area contributed by atoms with E-state index in [4.69, 9.17) is 7.85 Å². The Bertz CT molecular complexity index is 835. The van der Waals surface area contributed by atoms with E-state index in [0.717, 1.165) is 10.1 Å². The Balaban J connectivity index is 1.74. The summed E-state index contributed by atoms with van der Waals surface area (Å²) in [5, 5.41) is 12.5. The van der Waals surface area contributed by atoms with E-state index in [1.165, 1.54) is 19.2 Å². The minimum atomic E-state index is -0.784. The van der Waals surface area contributed by atoms with Gasteiger partial charge in [0.25, 0.3) is 11.5 Å². The summed E-state index contributed by atoms with van der Waals surface area (Å²) >= 11 is 0. The number of benzene rings is 1. The number of aromatic hydroxyl groups is 1. The van der Waals surface area contributed by atoms with Gasteiger partial charge in [0.15, 0.2) is 13.5 Å². The average Bonchev–Trinajstić information content (AvgIpc) is 3.28. The molecule has 0 aliphatic heterocycles.